The van der Waals surface area contributed by atoms with Crippen LogP contribution in [0.2, 0.25) is 0 Å². The highest BCUT2D eigenvalue weighted by Crippen LogP contribution is 2.27. The van der Waals surface area contributed by atoms with E-state index < -0.39 is 0 Å². The second kappa shape index (κ2) is 6.31. The van der Waals surface area contributed by atoms with Crippen LogP contribution in [0.3, 0.4) is 0 Å². The minimum absolute atomic E-state index is 0.650. The highest BCUT2D eigenvalue weighted by Gasteiger charge is 2.21. The van der Waals surface area contributed by atoms with Gasteiger partial charge in [-0.15, -0.1) is 5.10 Å². The summed E-state index contributed by atoms with van der Waals surface area (Å²) in [6, 6.07) is 6.25. The fraction of sp³-hybridized carbons (Fsp3) is 0.467. The fourth-order valence-electron chi connectivity index (χ4n) is 2.71. The largest absolute Gasteiger partial charge is 0.340 e. The molecule has 1 aromatic heterocycles. The summed E-state index contributed by atoms with van der Waals surface area (Å²) in [6.07, 6.45) is 2.25. The first-order valence-electron chi connectivity index (χ1n) is 7.32. The van der Waals surface area contributed by atoms with Gasteiger partial charge in [-0.2, -0.15) is 4.98 Å². The number of halogens is 1. The Kier molecular flexibility index (Phi) is 4.44. The molecule has 21 heavy (non-hydrogen) atoms. The van der Waals surface area contributed by atoms with Crippen molar-refractivity contribution in [3.8, 4) is 11.4 Å². The van der Waals surface area contributed by atoms with Gasteiger partial charge in [0.25, 0.3) is 0 Å². The van der Waals surface area contributed by atoms with Crippen LogP contribution >= 0.6 is 22.6 Å². The Balaban J connectivity index is 1.79. The molecule has 1 aliphatic rings. The summed E-state index contributed by atoms with van der Waals surface area (Å²) in [5.41, 5.74) is 8.12. The predicted molar refractivity (Wildman–Crippen MR) is 93.3 cm³/mol. The van der Waals surface area contributed by atoms with Crippen LogP contribution in [-0.2, 0) is 0 Å². The standard InChI is InChI=1S/C15H20IN5/c1-10-3-2-4-12(13(10)16)14-18-15(20-19-14)21-7-5-11(9-17)6-8-21/h2-4,11H,5-9,17H2,1H3,(H,18,19,20). The molecule has 2 heterocycles. The van der Waals surface area contributed by atoms with E-state index in [9.17, 15) is 0 Å². The van der Waals surface area contributed by atoms with Gasteiger partial charge < -0.3 is 10.6 Å². The molecular formula is C15H20IN5. The number of H-pyrrole nitrogens is 1. The summed E-state index contributed by atoms with van der Waals surface area (Å²) >= 11 is 2.36. The molecule has 112 valence electrons. The maximum Gasteiger partial charge on any atom is 0.245 e. The molecule has 3 rings (SSSR count). The van der Waals surface area contributed by atoms with E-state index in [2.05, 4.69) is 67.8 Å². The van der Waals surface area contributed by atoms with Crippen molar-refractivity contribution >= 4 is 28.5 Å². The monoisotopic (exact) mass is 397 g/mol. The molecule has 0 spiro atoms. The Hall–Kier alpha value is -1.15. The number of nitrogens with one attached hydrogen (secondary N) is 1. The number of anilines is 1. The van der Waals surface area contributed by atoms with E-state index in [0.717, 1.165) is 49.8 Å². The molecular weight excluding hydrogens is 377 g/mol. The Morgan fingerprint density at radius 3 is 2.86 bits per heavy atom. The molecule has 6 heteroatoms. The summed E-state index contributed by atoms with van der Waals surface area (Å²) < 4.78 is 1.22. The molecule has 0 unspecified atom stereocenters. The van der Waals surface area contributed by atoms with Gasteiger partial charge in [-0.1, -0.05) is 18.2 Å². The van der Waals surface area contributed by atoms with Gasteiger partial charge in [0.05, 0.1) is 0 Å². The molecule has 0 aliphatic carbocycles. The van der Waals surface area contributed by atoms with Gasteiger partial charge in [0.15, 0.2) is 5.82 Å². The number of piperidine rings is 1. The fourth-order valence-corrected chi connectivity index (χ4v) is 3.33. The molecule has 0 saturated carbocycles. The number of hydrogen-bond acceptors (Lipinski definition) is 4. The molecule has 0 bridgehead atoms. The number of aryl methyl sites for hydroxylation is 1. The average molecular weight is 397 g/mol. The number of aromatic amines is 1. The molecule has 5 nitrogen and oxygen atoms in total. The second-order valence-corrected chi connectivity index (χ2v) is 6.67. The Morgan fingerprint density at radius 1 is 1.38 bits per heavy atom. The molecule has 0 amide bonds. The maximum absolute atomic E-state index is 5.74. The van der Waals surface area contributed by atoms with Crippen LogP contribution in [0, 0.1) is 16.4 Å². The lowest BCUT2D eigenvalue weighted by atomic mass is 9.97. The Bertz CT molecular complexity index is 616. The highest BCUT2D eigenvalue weighted by atomic mass is 127. The van der Waals surface area contributed by atoms with Crippen molar-refractivity contribution < 1.29 is 0 Å². The van der Waals surface area contributed by atoms with Crippen molar-refractivity contribution in [2.75, 3.05) is 24.5 Å². The van der Waals surface area contributed by atoms with Gasteiger partial charge in [0, 0.05) is 22.2 Å². The normalized spacial score (nSPS) is 16.4. The van der Waals surface area contributed by atoms with Crippen molar-refractivity contribution in [1.82, 2.24) is 15.2 Å². The lowest BCUT2D eigenvalue weighted by molar-refractivity contribution is 0.411. The van der Waals surface area contributed by atoms with E-state index >= 15 is 0 Å². The number of hydrogen-bond donors (Lipinski definition) is 2. The third kappa shape index (κ3) is 3.06. The Labute approximate surface area is 138 Å². The SMILES string of the molecule is Cc1cccc(-c2nc(N3CCC(CN)CC3)n[nH]2)c1I. The van der Waals surface area contributed by atoms with Crippen LogP contribution in [0.5, 0.6) is 0 Å². The highest BCUT2D eigenvalue weighted by molar-refractivity contribution is 14.1. The van der Waals surface area contributed by atoms with Crippen LogP contribution < -0.4 is 10.6 Å². The van der Waals surface area contributed by atoms with Crippen molar-refractivity contribution in [2.45, 2.75) is 19.8 Å². The van der Waals surface area contributed by atoms with Gasteiger partial charge in [0.2, 0.25) is 5.95 Å². The molecule has 0 radical (unpaired) electrons. The third-order valence-electron chi connectivity index (χ3n) is 4.15. The van der Waals surface area contributed by atoms with E-state index in [4.69, 9.17) is 5.73 Å². The summed E-state index contributed by atoms with van der Waals surface area (Å²) in [5.74, 6) is 2.30. The summed E-state index contributed by atoms with van der Waals surface area (Å²) in [6.45, 7) is 4.88. The van der Waals surface area contributed by atoms with Gasteiger partial charge in [0.1, 0.15) is 0 Å². The lowest BCUT2D eigenvalue weighted by Crippen LogP contribution is -2.36. The molecule has 1 aliphatic heterocycles. The van der Waals surface area contributed by atoms with E-state index in [0.29, 0.717) is 5.92 Å². The minimum atomic E-state index is 0.650. The van der Waals surface area contributed by atoms with Crippen molar-refractivity contribution in [3.05, 3.63) is 27.3 Å². The molecule has 2 aromatic rings. The summed E-state index contributed by atoms with van der Waals surface area (Å²) in [4.78, 5) is 6.93. The molecule has 1 saturated heterocycles. The first-order valence-corrected chi connectivity index (χ1v) is 8.40. The minimum Gasteiger partial charge on any atom is -0.340 e. The number of nitrogens with zero attached hydrogens (tertiary/aromatic N) is 3. The zero-order valence-electron chi connectivity index (χ0n) is 12.1. The molecule has 1 fully saturated rings. The van der Waals surface area contributed by atoms with Gasteiger partial charge in [-0.25, -0.2) is 0 Å². The quantitative estimate of drug-likeness (QED) is 0.782. The van der Waals surface area contributed by atoms with Gasteiger partial charge in [-0.3, -0.25) is 5.10 Å². The van der Waals surface area contributed by atoms with Crippen LogP contribution in [0.1, 0.15) is 18.4 Å². The average Bonchev–Trinajstić information content (AvgIpc) is 3.00. The summed E-state index contributed by atoms with van der Waals surface area (Å²) in [7, 11) is 0. The number of benzene rings is 1. The van der Waals surface area contributed by atoms with E-state index in [-0.39, 0.29) is 0 Å². The topological polar surface area (TPSA) is 70.8 Å². The first kappa shape index (κ1) is 14.8. The van der Waals surface area contributed by atoms with E-state index in [1.807, 2.05) is 0 Å². The number of nitrogens with two attached hydrogens (primary N) is 1. The van der Waals surface area contributed by atoms with E-state index in [1.54, 1.807) is 0 Å². The van der Waals surface area contributed by atoms with E-state index in [1.165, 1.54) is 9.13 Å². The molecule has 0 atom stereocenters. The summed E-state index contributed by atoms with van der Waals surface area (Å²) in [5, 5.41) is 7.47. The Morgan fingerprint density at radius 2 is 2.14 bits per heavy atom. The number of rotatable bonds is 3. The predicted octanol–water partition coefficient (Wildman–Crippen LogP) is 2.56. The van der Waals surface area contributed by atoms with Crippen LogP contribution in [0.4, 0.5) is 5.95 Å². The molecule has 3 N–H and O–H groups in total. The second-order valence-electron chi connectivity index (χ2n) is 5.59. The van der Waals surface area contributed by atoms with Gasteiger partial charge >= 0.3 is 0 Å². The smallest absolute Gasteiger partial charge is 0.245 e. The molecule has 1 aromatic carbocycles. The lowest BCUT2D eigenvalue weighted by Gasteiger charge is -2.30. The van der Waals surface area contributed by atoms with Gasteiger partial charge in [-0.05, 0) is 60.4 Å². The van der Waals surface area contributed by atoms with Crippen molar-refractivity contribution in [3.63, 3.8) is 0 Å². The van der Waals surface area contributed by atoms with Crippen LogP contribution in [0.25, 0.3) is 11.4 Å². The van der Waals surface area contributed by atoms with Crippen LogP contribution in [0.15, 0.2) is 18.2 Å². The zero-order chi connectivity index (χ0) is 14.8. The first-order chi connectivity index (χ1) is 10.2. The van der Waals surface area contributed by atoms with Crippen molar-refractivity contribution in [1.29, 1.82) is 0 Å². The zero-order valence-corrected chi connectivity index (χ0v) is 14.3. The third-order valence-corrected chi connectivity index (χ3v) is 5.58. The van der Waals surface area contributed by atoms with Crippen molar-refractivity contribution in [2.24, 2.45) is 11.7 Å². The number of aromatic nitrogens is 3. The van der Waals surface area contributed by atoms with Crippen LogP contribution in [-0.4, -0.2) is 34.8 Å². The maximum atomic E-state index is 5.74.